The van der Waals surface area contributed by atoms with Gasteiger partial charge in [0.15, 0.2) is 11.2 Å². The third-order valence-corrected chi connectivity index (χ3v) is 5.42. The smallest absolute Gasteiger partial charge is 0.327 e. The Bertz CT molecular complexity index is 901. The quantitative estimate of drug-likeness (QED) is 0.511. The molecule has 3 rings (SSSR count). The lowest BCUT2D eigenvalue weighted by atomic mass is 9.99. The summed E-state index contributed by atoms with van der Waals surface area (Å²) in [6.07, 6.45) is 0. The molecule has 0 heterocycles. The number of ketones is 1. The topological polar surface area (TPSA) is 76.4 Å². The zero-order chi connectivity index (χ0) is 19.6. The fourth-order valence-electron chi connectivity index (χ4n) is 3.50. The van der Waals surface area contributed by atoms with E-state index in [0.29, 0.717) is 11.3 Å². The van der Waals surface area contributed by atoms with Gasteiger partial charge in [-0.3, -0.25) is 9.59 Å². The molecule has 2 aromatic rings. The fourth-order valence-corrected chi connectivity index (χ4v) is 3.76. The highest BCUT2D eigenvalue weighted by Gasteiger charge is 2.75. The van der Waals surface area contributed by atoms with Crippen molar-refractivity contribution in [3.63, 3.8) is 0 Å². The predicted molar refractivity (Wildman–Crippen MR) is 102 cm³/mol. The molecule has 0 radical (unpaired) electrons. The van der Waals surface area contributed by atoms with Crippen LogP contribution >= 0.6 is 15.9 Å². The number of methoxy groups -OCH3 is 1. The third kappa shape index (κ3) is 3.24. The van der Waals surface area contributed by atoms with Crippen molar-refractivity contribution < 1.29 is 19.1 Å². The van der Waals surface area contributed by atoms with Crippen LogP contribution in [0.4, 0.5) is 0 Å². The van der Waals surface area contributed by atoms with E-state index in [1.165, 1.54) is 0 Å². The first kappa shape index (κ1) is 19.1. The molecule has 0 aromatic heterocycles. The lowest BCUT2D eigenvalue weighted by molar-refractivity contribution is -0.147. The van der Waals surface area contributed by atoms with Gasteiger partial charge in [0.1, 0.15) is 5.75 Å². The number of nitriles is 1. The molecule has 2 aromatic carbocycles. The summed E-state index contributed by atoms with van der Waals surface area (Å²) in [5.41, 5.74) is -0.301. The average molecular weight is 428 g/mol. The van der Waals surface area contributed by atoms with Crippen LogP contribution in [0.25, 0.3) is 0 Å². The number of ether oxygens (including phenoxy) is 2. The number of Topliss-reactive ketones (excluding diaryl/α,β-unsaturated/α-hetero) is 1. The van der Waals surface area contributed by atoms with Gasteiger partial charge in [0, 0.05) is 16.0 Å². The number of esters is 1. The Hall–Kier alpha value is -2.65. The van der Waals surface area contributed by atoms with Gasteiger partial charge in [0.2, 0.25) is 0 Å². The summed E-state index contributed by atoms with van der Waals surface area (Å²) >= 11 is 3.37. The first-order valence-electron chi connectivity index (χ1n) is 8.51. The van der Waals surface area contributed by atoms with E-state index < -0.39 is 23.2 Å². The Kier molecular flexibility index (Phi) is 5.33. The Labute approximate surface area is 166 Å². The molecular formula is C21H18BrNO4. The van der Waals surface area contributed by atoms with E-state index in [0.717, 1.165) is 10.0 Å². The van der Waals surface area contributed by atoms with Gasteiger partial charge in [0.25, 0.3) is 0 Å². The van der Waals surface area contributed by atoms with Crippen molar-refractivity contribution in [2.45, 2.75) is 12.8 Å². The van der Waals surface area contributed by atoms with Gasteiger partial charge < -0.3 is 9.47 Å². The van der Waals surface area contributed by atoms with Gasteiger partial charge in [0.05, 0.1) is 25.7 Å². The molecule has 0 spiro atoms. The summed E-state index contributed by atoms with van der Waals surface area (Å²) in [7, 11) is 1.54. The molecule has 1 aliphatic carbocycles. The third-order valence-electron chi connectivity index (χ3n) is 4.89. The van der Waals surface area contributed by atoms with Gasteiger partial charge in [-0.05, 0) is 48.9 Å². The van der Waals surface area contributed by atoms with Crippen LogP contribution in [0.3, 0.4) is 0 Å². The molecule has 3 unspecified atom stereocenters. The normalized spacial score (nSPS) is 23.2. The molecule has 27 heavy (non-hydrogen) atoms. The van der Waals surface area contributed by atoms with Gasteiger partial charge in [-0.25, -0.2) is 0 Å². The van der Waals surface area contributed by atoms with E-state index in [9.17, 15) is 14.9 Å². The van der Waals surface area contributed by atoms with Crippen molar-refractivity contribution in [3.8, 4) is 11.8 Å². The number of nitrogens with zero attached hydrogens (tertiary/aromatic N) is 1. The Morgan fingerprint density at radius 1 is 1.15 bits per heavy atom. The van der Waals surface area contributed by atoms with Crippen molar-refractivity contribution in [3.05, 3.63) is 64.1 Å². The minimum absolute atomic E-state index is 0.152. The van der Waals surface area contributed by atoms with Crippen LogP contribution in [-0.2, 0) is 9.53 Å². The zero-order valence-corrected chi connectivity index (χ0v) is 16.5. The maximum absolute atomic E-state index is 13.1. The van der Waals surface area contributed by atoms with Crippen molar-refractivity contribution in [1.29, 1.82) is 5.26 Å². The molecule has 0 N–H and O–H groups in total. The fraction of sp³-hybridized carbons (Fsp3) is 0.286. The molecular weight excluding hydrogens is 410 g/mol. The van der Waals surface area contributed by atoms with Gasteiger partial charge >= 0.3 is 5.97 Å². The molecule has 0 amide bonds. The van der Waals surface area contributed by atoms with Crippen LogP contribution in [0, 0.1) is 22.7 Å². The largest absolute Gasteiger partial charge is 0.497 e. The second-order valence-electron chi connectivity index (χ2n) is 6.30. The van der Waals surface area contributed by atoms with Crippen molar-refractivity contribution in [2.75, 3.05) is 13.7 Å². The summed E-state index contributed by atoms with van der Waals surface area (Å²) in [6, 6.07) is 16.0. The van der Waals surface area contributed by atoms with Gasteiger partial charge in [-0.1, -0.05) is 28.1 Å². The van der Waals surface area contributed by atoms with Gasteiger partial charge in [-0.2, -0.15) is 5.26 Å². The molecule has 5 nitrogen and oxygen atoms in total. The summed E-state index contributed by atoms with van der Waals surface area (Å²) < 4.78 is 11.1. The lowest BCUT2D eigenvalue weighted by Crippen LogP contribution is -2.23. The maximum Gasteiger partial charge on any atom is 0.327 e. The monoisotopic (exact) mass is 427 g/mol. The second-order valence-corrected chi connectivity index (χ2v) is 7.22. The second kappa shape index (κ2) is 7.53. The van der Waals surface area contributed by atoms with Crippen LogP contribution in [0.5, 0.6) is 5.75 Å². The number of halogens is 1. The minimum atomic E-state index is -1.50. The molecule has 6 heteroatoms. The summed E-state index contributed by atoms with van der Waals surface area (Å²) in [5.74, 6) is -1.59. The van der Waals surface area contributed by atoms with Crippen LogP contribution in [0.2, 0.25) is 0 Å². The molecule has 0 bridgehead atoms. The first-order valence-corrected chi connectivity index (χ1v) is 9.31. The number of carbonyl (C=O) groups is 2. The molecule has 1 saturated carbocycles. The zero-order valence-electron chi connectivity index (χ0n) is 14.9. The predicted octanol–water partition coefficient (Wildman–Crippen LogP) is 4.13. The Morgan fingerprint density at radius 2 is 1.78 bits per heavy atom. The number of carbonyl (C=O) groups excluding carboxylic acids is 2. The molecule has 138 valence electrons. The molecule has 0 aliphatic heterocycles. The molecule has 1 aliphatic rings. The highest BCUT2D eigenvalue weighted by Crippen LogP contribution is 2.66. The highest BCUT2D eigenvalue weighted by atomic mass is 79.9. The van der Waals surface area contributed by atoms with Gasteiger partial charge in [-0.15, -0.1) is 0 Å². The van der Waals surface area contributed by atoms with Crippen molar-refractivity contribution in [2.24, 2.45) is 11.3 Å². The molecule has 0 saturated heterocycles. The van der Waals surface area contributed by atoms with E-state index in [2.05, 4.69) is 22.0 Å². The van der Waals surface area contributed by atoms with Crippen molar-refractivity contribution >= 4 is 27.7 Å². The number of hydrogen-bond acceptors (Lipinski definition) is 5. The summed E-state index contributed by atoms with van der Waals surface area (Å²) in [4.78, 5) is 25.8. The van der Waals surface area contributed by atoms with E-state index in [-0.39, 0.29) is 12.4 Å². The van der Waals surface area contributed by atoms with Crippen LogP contribution < -0.4 is 4.74 Å². The summed E-state index contributed by atoms with van der Waals surface area (Å²) in [5, 5.41) is 9.86. The van der Waals surface area contributed by atoms with Crippen molar-refractivity contribution in [1.82, 2.24) is 0 Å². The lowest BCUT2D eigenvalue weighted by Gasteiger charge is -2.08. The van der Waals surface area contributed by atoms with E-state index in [4.69, 9.17) is 9.47 Å². The SMILES string of the molecule is CCOC(=O)C1(C#N)C(C(=O)c2ccc(OC)cc2)C1c1ccc(Br)cc1. The minimum Gasteiger partial charge on any atom is -0.497 e. The van der Waals surface area contributed by atoms with Crippen LogP contribution in [0.1, 0.15) is 28.8 Å². The number of hydrogen-bond donors (Lipinski definition) is 0. The maximum atomic E-state index is 13.1. The highest BCUT2D eigenvalue weighted by molar-refractivity contribution is 9.10. The molecule has 1 fully saturated rings. The van der Waals surface area contributed by atoms with E-state index in [1.54, 1.807) is 38.3 Å². The molecule has 3 atom stereocenters. The number of benzene rings is 2. The average Bonchev–Trinajstić information content (AvgIpc) is 3.38. The Balaban J connectivity index is 2.01. The summed E-state index contributed by atoms with van der Waals surface area (Å²) in [6.45, 7) is 1.83. The number of rotatable bonds is 6. The first-order chi connectivity index (χ1) is 13.0. The van der Waals surface area contributed by atoms with Crippen LogP contribution in [-0.4, -0.2) is 25.5 Å². The van der Waals surface area contributed by atoms with E-state index >= 15 is 0 Å². The van der Waals surface area contributed by atoms with Crippen LogP contribution in [0.15, 0.2) is 53.0 Å². The van der Waals surface area contributed by atoms with E-state index in [1.807, 2.05) is 24.3 Å². The Morgan fingerprint density at radius 3 is 2.30 bits per heavy atom. The standard InChI is InChI=1S/C21H18BrNO4/c1-3-27-20(25)21(12-23)17(13-4-8-15(22)9-5-13)18(21)19(24)14-6-10-16(26-2)11-7-14/h4-11,17-18H,3H2,1-2H3.